The van der Waals surface area contributed by atoms with Gasteiger partial charge in [0, 0.05) is 17.5 Å². The van der Waals surface area contributed by atoms with E-state index in [1.54, 1.807) is 24.5 Å². The highest BCUT2D eigenvalue weighted by atomic mass is 16.7. The summed E-state index contributed by atoms with van der Waals surface area (Å²) in [5.74, 6) is 2.05. The summed E-state index contributed by atoms with van der Waals surface area (Å²) in [5, 5.41) is 3.08. The number of amides is 1. The number of rotatable bonds is 5. The van der Waals surface area contributed by atoms with E-state index in [1.165, 1.54) is 16.0 Å². The van der Waals surface area contributed by atoms with Gasteiger partial charge in [-0.3, -0.25) is 4.79 Å². The van der Waals surface area contributed by atoms with Crippen molar-refractivity contribution < 1.29 is 23.6 Å². The third-order valence-corrected chi connectivity index (χ3v) is 5.73. The largest absolute Gasteiger partial charge is 0.463 e. The molecule has 0 radical (unpaired) electrons. The molecule has 0 fully saturated rings. The van der Waals surface area contributed by atoms with Gasteiger partial charge in [0.15, 0.2) is 23.3 Å². The van der Waals surface area contributed by atoms with E-state index in [0.717, 1.165) is 25.3 Å². The number of ether oxygens (including phenoxy) is 2. The predicted molar refractivity (Wildman–Crippen MR) is 106 cm³/mol. The molecule has 0 bridgehead atoms. The standard InChI is InChI=1S/C23H22N2O4/c26-23(17-7-8-21-22(12-17)29-15-28-21)24-13-19(20-6-3-11-27-20)25-10-9-16-4-1-2-5-18(16)14-25/h1-8,11-12,19H,9-10,13-15H2,(H,24,26)/p+1/t19-/m0/s1. The molecule has 2 aromatic carbocycles. The summed E-state index contributed by atoms with van der Waals surface area (Å²) in [5.41, 5.74) is 3.35. The quantitative estimate of drug-likeness (QED) is 0.699. The maximum Gasteiger partial charge on any atom is 0.251 e. The van der Waals surface area contributed by atoms with Gasteiger partial charge >= 0.3 is 0 Å². The van der Waals surface area contributed by atoms with Crippen LogP contribution in [0.15, 0.2) is 65.3 Å². The van der Waals surface area contributed by atoms with Crippen LogP contribution in [0.1, 0.15) is 33.3 Å². The Bertz CT molecular complexity index is 1020. The Morgan fingerprint density at radius 3 is 2.76 bits per heavy atom. The van der Waals surface area contributed by atoms with Crippen LogP contribution in [-0.4, -0.2) is 25.8 Å². The average Bonchev–Trinajstić information content (AvgIpc) is 3.45. The number of benzene rings is 2. The molecule has 2 aliphatic heterocycles. The number of quaternary nitrogens is 1. The fourth-order valence-corrected chi connectivity index (χ4v) is 4.17. The molecule has 148 valence electrons. The molecule has 29 heavy (non-hydrogen) atoms. The van der Waals surface area contributed by atoms with Crippen LogP contribution in [0.5, 0.6) is 11.5 Å². The predicted octanol–water partition coefficient (Wildman–Crippen LogP) is 2.12. The SMILES string of the molecule is O=C(NC[C@@H](c1ccco1)[NH+]1CCc2ccccc2C1)c1ccc2c(c1)OCO2. The van der Waals surface area contributed by atoms with E-state index >= 15 is 0 Å². The molecule has 6 heteroatoms. The summed E-state index contributed by atoms with van der Waals surface area (Å²) in [6.07, 6.45) is 2.72. The number of carbonyl (C=O) groups is 1. The van der Waals surface area contributed by atoms with Crippen LogP contribution in [0.2, 0.25) is 0 Å². The van der Waals surface area contributed by atoms with Gasteiger partial charge in [-0.1, -0.05) is 24.3 Å². The first-order valence-electron chi connectivity index (χ1n) is 9.90. The van der Waals surface area contributed by atoms with Crippen molar-refractivity contribution >= 4 is 5.91 Å². The zero-order valence-electron chi connectivity index (χ0n) is 16.0. The number of hydrogen-bond donors (Lipinski definition) is 2. The first-order valence-corrected chi connectivity index (χ1v) is 9.90. The zero-order chi connectivity index (χ0) is 19.6. The Labute approximate surface area is 169 Å². The third-order valence-electron chi connectivity index (χ3n) is 5.73. The Morgan fingerprint density at radius 1 is 1.03 bits per heavy atom. The van der Waals surface area contributed by atoms with Gasteiger partial charge in [0.05, 0.1) is 19.4 Å². The van der Waals surface area contributed by atoms with Gasteiger partial charge < -0.3 is 24.1 Å². The Kier molecular flexibility index (Phi) is 4.69. The average molecular weight is 391 g/mol. The summed E-state index contributed by atoms with van der Waals surface area (Å²) < 4.78 is 16.4. The second-order valence-electron chi connectivity index (χ2n) is 7.45. The molecule has 0 aliphatic carbocycles. The molecule has 2 atom stereocenters. The van der Waals surface area contributed by atoms with E-state index < -0.39 is 0 Å². The number of carbonyl (C=O) groups excluding carboxylic acids is 1. The summed E-state index contributed by atoms with van der Waals surface area (Å²) in [6, 6.07) is 17.8. The lowest BCUT2D eigenvalue weighted by Crippen LogP contribution is -3.12. The van der Waals surface area contributed by atoms with Crippen molar-refractivity contribution in [3.8, 4) is 11.5 Å². The highest BCUT2D eigenvalue weighted by molar-refractivity contribution is 5.94. The van der Waals surface area contributed by atoms with Crippen LogP contribution in [0.3, 0.4) is 0 Å². The Hall–Kier alpha value is -3.25. The van der Waals surface area contributed by atoms with E-state index in [9.17, 15) is 4.79 Å². The minimum Gasteiger partial charge on any atom is -0.463 e. The number of fused-ring (bicyclic) bond motifs is 2. The first kappa shape index (κ1) is 17.8. The minimum absolute atomic E-state index is 0.0521. The van der Waals surface area contributed by atoms with Crippen molar-refractivity contribution in [3.05, 3.63) is 83.3 Å². The van der Waals surface area contributed by atoms with Crippen LogP contribution in [0, 0.1) is 0 Å². The highest BCUT2D eigenvalue weighted by Crippen LogP contribution is 2.32. The first-order chi connectivity index (χ1) is 14.3. The fraction of sp³-hybridized carbons (Fsp3) is 0.261. The lowest BCUT2D eigenvalue weighted by atomic mass is 9.98. The lowest BCUT2D eigenvalue weighted by molar-refractivity contribution is -0.946. The Balaban J connectivity index is 1.32. The summed E-state index contributed by atoms with van der Waals surface area (Å²) in [6.45, 7) is 2.61. The van der Waals surface area contributed by atoms with Gasteiger partial charge in [0.25, 0.3) is 5.91 Å². The van der Waals surface area contributed by atoms with Crippen molar-refractivity contribution in [2.75, 3.05) is 19.9 Å². The van der Waals surface area contributed by atoms with Crippen molar-refractivity contribution in [2.24, 2.45) is 0 Å². The van der Waals surface area contributed by atoms with Gasteiger partial charge in [-0.25, -0.2) is 0 Å². The lowest BCUT2D eigenvalue weighted by Gasteiger charge is -2.31. The van der Waals surface area contributed by atoms with Gasteiger partial charge in [-0.2, -0.15) is 0 Å². The van der Waals surface area contributed by atoms with E-state index in [4.69, 9.17) is 13.9 Å². The molecule has 3 heterocycles. The maximum atomic E-state index is 12.8. The topological polar surface area (TPSA) is 65.1 Å². The summed E-state index contributed by atoms with van der Waals surface area (Å²) in [7, 11) is 0. The normalized spacial score (nSPS) is 18.1. The molecule has 1 amide bonds. The summed E-state index contributed by atoms with van der Waals surface area (Å²) >= 11 is 0. The number of hydrogen-bond acceptors (Lipinski definition) is 4. The van der Waals surface area contributed by atoms with Crippen molar-refractivity contribution in [3.63, 3.8) is 0 Å². The molecule has 0 saturated heterocycles. The molecule has 0 spiro atoms. The zero-order valence-corrected chi connectivity index (χ0v) is 16.0. The second-order valence-corrected chi connectivity index (χ2v) is 7.45. The van der Waals surface area contributed by atoms with Gasteiger partial charge in [0.2, 0.25) is 6.79 Å². The van der Waals surface area contributed by atoms with E-state index in [-0.39, 0.29) is 18.7 Å². The molecule has 2 aliphatic rings. The molecular weight excluding hydrogens is 368 g/mol. The minimum atomic E-state index is -0.128. The van der Waals surface area contributed by atoms with Crippen LogP contribution < -0.4 is 19.7 Å². The fourth-order valence-electron chi connectivity index (χ4n) is 4.17. The van der Waals surface area contributed by atoms with Crippen LogP contribution in [0.25, 0.3) is 0 Å². The number of nitrogens with one attached hydrogen (secondary N) is 2. The summed E-state index contributed by atoms with van der Waals surface area (Å²) in [4.78, 5) is 14.1. The maximum absolute atomic E-state index is 12.8. The van der Waals surface area contributed by atoms with Crippen LogP contribution in [0.4, 0.5) is 0 Å². The third kappa shape index (κ3) is 3.59. The van der Waals surface area contributed by atoms with E-state index in [1.807, 2.05) is 12.1 Å². The number of furan rings is 1. The Morgan fingerprint density at radius 2 is 1.90 bits per heavy atom. The van der Waals surface area contributed by atoms with Crippen LogP contribution >= 0.6 is 0 Å². The molecular formula is C23H23N2O4+. The van der Waals surface area contributed by atoms with Gasteiger partial charge in [0.1, 0.15) is 6.54 Å². The van der Waals surface area contributed by atoms with Gasteiger partial charge in [-0.15, -0.1) is 0 Å². The van der Waals surface area contributed by atoms with Crippen molar-refractivity contribution in [1.29, 1.82) is 0 Å². The smallest absolute Gasteiger partial charge is 0.251 e. The van der Waals surface area contributed by atoms with E-state index in [0.29, 0.717) is 23.6 Å². The monoisotopic (exact) mass is 391 g/mol. The molecule has 6 nitrogen and oxygen atoms in total. The van der Waals surface area contributed by atoms with Gasteiger partial charge in [-0.05, 0) is 35.9 Å². The van der Waals surface area contributed by atoms with Crippen molar-refractivity contribution in [1.82, 2.24) is 5.32 Å². The molecule has 5 rings (SSSR count). The molecule has 1 unspecified atom stereocenters. The molecule has 0 saturated carbocycles. The highest BCUT2D eigenvalue weighted by Gasteiger charge is 2.30. The van der Waals surface area contributed by atoms with Crippen LogP contribution in [-0.2, 0) is 13.0 Å². The molecule has 1 aromatic heterocycles. The second kappa shape index (κ2) is 7.64. The van der Waals surface area contributed by atoms with E-state index in [2.05, 4.69) is 29.6 Å². The van der Waals surface area contributed by atoms with Crippen molar-refractivity contribution in [2.45, 2.75) is 19.0 Å². The molecule has 3 aromatic rings. The molecule has 2 N–H and O–H groups in total.